The van der Waals surface area contributed by atoms with E-state index in [4.69, 9.17) is 10.5 Å². The van der Waals surface area contributed by atoms with Crippen LogP contribution >= 0.6 is 0 Å². The second-order valence-electron chi connectivity index (χ2n) is 4.00. The minimum atomic E-state index is -0.823. The molecule has 0 radical (unpaired) electrons. The molecule has 0 amide bonds. The van der Waals surface area contributed by atoms with Crippen LogP contribution in [0, 0.1) is 0 Å². The number of anilines is 1. The average molecular weight is 222 g/mol. The Morgan fingerprint density at radius 1 is 1.56 bits per heavy atom. The van der Waals surface area contributed by atoms with Gasteiger partial charge in [0.25, 0.3) is 0 Å². The molecule has 0 saturated heterocycles. The molecule has 1 aliphatic rings. The average Bonchev–Trinajstić information content (AvgIpc) is 2.32. The number of ether oxygens (including phenoxy) is 1. The van der Waals surface area contributed by atoms with Crippen LogP contribution in [-0.2, 0) is 17.9 Å². The Bertz CT molecular complexity index is 368. The number of nitrogens with zero attached hydrogens (tertiary/aromatic N) is 1. The van der Waals surface area contributed by atoms with E-state index in [1.54, 1.807) is 0 Å². The van der Waals surface area contributed by atoms with Gasteiger partial charge in [-0.1, -0.05) is 19.1 Å². The number of hydrogen-bond donors (Lipinski definition) is 2. The van der Waals surface area contributed by atoms with Crippen LogP contribution in [0.3, 0.4) is 0 Å². The molecule has 4 heteroatoms. The fraction of sp³-hybridized carbons (Fsp3) is 0.500. The zero-order chi connectivity index (χ0) is 11.5. The first kappa shape index (κ1) is 11.4. The zero-order valence-electron chi connectivity index (χ0n) is 9.52. The van der Waals surface area contributed by atoms with Gasteiger partial charge in [0.1, 0.15) is 0 Å². The van der Waals surface area contributed by atoms with Crippen molar-refractivity contribution in [3.8, 4) is 0 Å². The summed E-state index contributed by atoms with van der Waals surface area (Å²) in [4.78, 5) is 1.87. The standard InChI is InChI=1S/C12H18N2O2/c1-2-5-14-11-4-3-9(7-13)6-10(11)8-16-12(14)15/h3-4,6,12,15H,2,5,7-8,13H2,1H3. The first-order valence-electron chi connectivity index (χ1n) is 5.64. The molecule has 1 atom stereocenters. The van der Waals surface area contributed by atoms with E-state index in [0.29, 0.717) is 13.2 Å². The van der Waals surface area contributed by atoms with Crippen LogP contribution in [0.4, 0.5) is 5.69 Å². The third kappa shape index (κ3) is 2.04. The van der Waals surface area contributed by atoms with Crippen molar-refractivity contribution in [2.24, 2.45) is 5.73 Å². The lowest BCUT2D eigenvalue weighted by Gasteiger charge is -2.35. The summed E-state index contributed by atoms with van der Waals surface area (Å²) in [6.07, 6.45) is 0.148. The number of fused-ring (bicyclic) bond motifs is 1. The van der Waals surface area contributed by atoms with Gasteiger partial charge in [-0.3, -0.25) is 0 Å². The number of benzene rings is 1. The number of aliphatic hydroxyl groups excluding tert-OH is 1. The highest BCUT2D eigenvalue weighted by atomic mass is 16.6. The topological polar surface area (TPSA) is 58.7 Å². The molecule has 0 fully saturated rings. The molecule has 0 spiro atoms. The summed E-state index contributed by atoms with van der Waals surface area (Å²) >= 11 is 0. The van der Waals surface area contributed by atoms with Gasteiger partial charge in [0.05, 0.1) is 6.61 Å². The lowest BCUT2D eigenvalue weighted by Crippen LogP contribution is -2.41. The van der Waals surface area contributed by atoms with Gasteiger partial charge in [-0.2, -0.15) is 0 Å². The highest BCUT2D eigenvalue weighted by Gasteiger charge is 2.24. The van der Waals surface area contributed by atoms with Gasteiger partial charge >= 0.3 is 0 Å². The molecule has 3 N–H and O–H groups in total. The zero-order valence-corrected chi connectivity index (χ0v) is 9.52. The Hall–Kier alpha value is -1.10. The number of nitrogens with two attached hydrogens (primary N) is 1. The van der Waals surface area contributed by atoms with E-state index in [2.05, 4.69) is 6.92 Å². The third-order valence-electron chi connectivity index (χ3n) is 2.81. The van der Waals surface area contributed by atoms with Crippen molar-refractivity contribution in [1.29, 1.82) is 0 Å². The quantitative estimate of drug-likeness (QED) is 0.806. The van der Waals surface area contributed by atoms with E-state index in [0.717, 1.165) is 29.8 Å². The number of rotatable bonds is 3. The summed E-state index contributed by atoms with van der Waals surface area (Å²) < 4.78 is 5.31. The van der Waals surface area contributed by atoms with Crippen LogP contribution < -0.4 is 10.6 Å². The molecule has 0 aromatic heterocycles. The van der Waals surface area contributed by atoms with Gasteiger partial charge in [0.2, 0.25) is 6.41 Å². The van der Waals surface area contributed by atoms with E-state index in [1.807, 2.05) is 23.1 Å². The predicted molar refractivity (Wildman–Crippen MR) is 62.8 cm³/mol. The van der Waals surface area contributed by atoms with Crippen molar-refractivity contribution in [3.63, 3.8) is 0 Å². The number of hydrogen-bond acceptors (Lipinski definition) is 4. The first-order valence-corrected chi connectivity index (χ1v) is 5.64. The maximum Gasteiger partial charge on any atom is 0.238 e. The predicted octanol–water partition coefficient (Wildman–Crippen LogP) is 1.17. The van der Waals surface area contributed by atoms with Gasteiger partial charge in [-0.05, 0) is 18.1 Å². The van der Waals surface area contributed by atoms with Gasteiger partial charge in [-0.25, -0.2) is 0 Å². The Labute approximate surface area is 95.6 Å². The fourth-order valence-electron chi connectivity index (χ4n) is 2.01. The Balaban J connectivity index is 2.32. The molecule has 0 aliphatic carbocycles. The molecule has 2 rings (SSSR count). The second kappa shape index (κ2) is 4.82. The maximum atomic E-state index is 9.75. The summed E-state index contributed by atoms with van der Waals surface area (Å²) in [6.45, 7) is 3.85. The molecular weight excluding hydrogens is 204 g/mol. The van der Waals surface area contributed by atoms with Crippen LogP contribution in [0.25, 0.3) is 0 Å². The van der Waals surface area contributed by atoms with Crippen molar-refractivity contribution < 1.29 is 9.84 Å². The van der Waals surface area contributed by atoms with Crippen LogP contribution in [0.1, 0.15) is 24.5 Å². The van der Waals surface area contributed by atoms with Gasteiger partial charge in [0, 0.05) is 24.3 Å². The minimum Gasteiger partial charge on any atom is -0.351 e. The van der Waals surface area contributed by atoms with E-state index >= 15 is 0 Å². The largest absolute Gasteiger partial charge is 0.351 e. The van der Waals surface area contributed by atoms with Crippen LogP contribution in [0.5, 0.6) is 0 Å². The molecule has 88 valence electrons. The SMILES string of the molecule is CCCN1c2ccc(CN)cc2COC1O. The summed E-state index contributed by atoms with van der Waals surface area (Å²) in [5.41, 5.74) is 8.84. The number of aliphatic hydroxyl groups is 1. The molecule has 1 aromatic carbocycles. The lowest BCUT2D eigenvalue weighted by atomic mass is 10.1. The van der Waals surface area contributed by atoms with Crippen LogP contribution in [0.2, 0.25) is 0 Å². The minimum absolute atomic E-state index is 0.449. The van der Waals surface area contributed by atoms with Gasteiger partial charge in [-0.15, -0.1) is 0 Å². The Kier molecular flexibility index (Phi) is 3.43. The smallest absolute Gasteiger partial charge is 0.238 e. The van der Waals surface area contributed by atoms with Crippen molar-refractivity contribution in [1.82, 2.24) is 0 Å². The molecule has 1 aromatic rings. The summed E-state index contributed by atoms with van der Waals surface area (Å²) in [5.74, 6) is 0. The van der Waals surface area contributed by atoms with E-state index < -0.39 is 6.41 Å². The lowest BCUT2D eigenvalue weighted by molar-refractivity contribution is -0.115. The molecule has 0 bridgehead atoms. The van der Waals surface area contributed by atoms with Crippen molar-refractivity contribution in [3.05, 3.63) is 29.3 Å². The molecule has 1 unspecified atom stereocenters. The maximum absolute atomic E-state index is 9.75. The molecule has 0 saturated carbocycles. The Morgan fingerprint density at radius 2 is 2.38 bits per heavy atom. The molecule has 1 heterocycles. The normalized spacial score (nSPS) is 19.7. The van der Waals surface area contributed by atoms with Crippen LogP contribution in [-0.4, -0.2) is 18.1 Å². The summed E-state index contributed by atoms with van der Waals surface area (Å²) in [6, 6.07) is 6.06. The molecule has 4 nitrogen and oxygen atoms in total. The van der Waals surface area contributed by atoms with E-state index in [-0.39, 0.29) is 0 Å². The fourth-order valence-corrected chi connectivity index (χ4v) is 2.01. The highest BCUT2D eigenvalue weighted by molar-refractivity contribution is 5.56. The van der Waals surface area contributed by atoms with Crippen molar-refractivity contribution in [2.45, 2.75) is 32.9 Å². The molecular formula is C12H18N2O2. The van der Waals surface area contributed by atoms with Gasteiger partial charge in [0.15, 0.2) is 0 Å². The first-order chi connectivity index (χ1) is 7.76. The molecule has 1 aliphatic heterocycles. The Morgan fingerprint density at radius 3 is 3.06 bits per heavy atom. The summed E-state index contributed by atoms with van der Waals surface area (Å²) in [7, 11) is 0. The van der Waals surface area contributed by atoms with Crippen LogP contribution in [0.15, 0.2) is 18.2 Å². The van der Waals surface area contributed by atoms with Crippen molar-refractivity contribution in [2.75, 3.05) is 11.4 Å². The van der Waals surface area contributed by atoms with E-state index in [9.17, 15) is 5.11 Å². The van der Waals surface area contributed by atoms with Crippen molar-refractivity contribution >= 4 is 5.69 Å². The summed E-state index contributed by atoms with van der Waals surface area (Å²) in [5, 5.41) is 9.75. The second-order valence-corrected chi connectivity index (χ2v) is 4.00. The third-order valence-corrected chi connectivity index (χ3v) is 2.81. The van der Waals surface area contributed by atoms with E-state index in [1.165, 1.54) is 0 Å². The van der Waals surface area contributed by atoms with Gasteiger partial charge < -0.3 is 20.5 Å². The monoisotopic (exact) mass is 222 g/mol. The molecule has 16 heavy (non-hydrogen) atoms. The highest BCUT2D eigenvalue weighted by Crippen LogP contribution is 2.29.